The lowest BCUT2D eigenvalue weighted by molar-refractivity contribution is 0.103. The van der Waals surface area contributed by atoms with Crippen LogP contribution in [0.3, 0.4) is 0 Å². The van der Waals surface area contributed by atoms with Gasteiger partial charge in [0, 0.05) is 39.3 Å². The highest BCUT2D eigenvalue weighted by molar-refractivity contribution is 4.78. The average molecular weight is 294 g/mol. The first-order valence-corrected chi connectivity index (χ1v) is 9.32. The molecule has 0 N–H and O–H groups in total. The van der Waals surface area contributed by atoms with E-state index < -0.39 is 0 Å². The molecule has 3 atom stereocenters. The molecule has 21 heavy (non-hydrogen) atoms. The van der Waals surface area contributed by atoms with Gasteiger partial charge in [-0.3, -0.25) is 0 Å². The Kier molecular flexibility index (Phi) is 5.96. The lowest BCUT2D eigenvalue weighted by Gasteiger charge is -2.37. The third-order valence-corrected chi connectivity index (χ3v) is 5.90. The second-order valence-electron chi connectivity index (χ2n) is 7.80. The highest BCUT2D eigenvalue weighted by Gasteiger charge is 2.24. The van der Waals surface area contributed by atoms with Crippen molar-refractivity contribution in [2.45, 2.75) is 45.4 Å². The number of rotatable bonds is 5. The zero-order chi connectivity index (χ0) is 14.5. The predicted molar refractivity (Wildman–Crippen MR) is 87.5 cm³/mol. The number of hydrogen-bond acceptors (Lipinski definition) is 3. The number of hydrogen-bond donors (Lipinski definition) is 0. The maximum atomic E-state index is 5.50. The van der Waals surface area contributed by atoms with Gasteiger partial charge in [-0.05, 0) is 43.6 Å². The molecular formula is C18H34N2O. The summed E-state index contributed by atoms with van der Waals surface area (Å²) in [6, 6.07) is 0. The quantitative estimate of drug-likeness (QED) is 0.775. The molecule has 2 aliphatic heterocycles. The Hall–Kier alpha value is -0.120. The molecule has 3 aliphatic rings. The molecule has 0 aromatic heterocycles. The van der Waals surface area contributed by atoms with Crippen LogP contribution in [0.5, 0.6) is 0 Å². The van der Waals surface area contributed by atoms with Crippen LogP contribution < -0.4 is 0 Å². The van der Waals surface area contributed by atoms with E-state index in [2.05, 4.69) is 16.7 Å². The van der Waals surface area contributed by atoms with Crippen LogP contribution in [0.2, 0.25) is 0 Å². The molecule has 0 aromatic rings. The Morgan fingerprint density at radius 2 is 1.76 bits per heavy atom. The minimum Gasteiger partial charge on any atom is -0.381 e. The van der Waals surface area contributed by atoms with E-state index in [1.54, 1.807) is 0 Å². The van der Waals surface area contributed by atoms with Crippen molar-refractivity contribution in [3.05, 3.63) is 0 Å². The Morgan fingerprint density at radius 1 is 0.952 bits per heavy atom. The molecule has 1 saturated carbocycles. The first-order chi connectivity index (χ1) is 10.3. The molecule has 0 amide bonds. The lowest BCUT2D eigenvalue weighted by Crippen LogP contribution is -2.48. The van der Waals surface area contributed by atoms with Gasteiger partial charge in [-0.25, -0.2) is 0 Å². The summed E-state index contributed by atoms with van der Waals surface area (Å²) in [6.45, 7) is 12.2. The summed E-state index contributed by atoms with van der Waals surface area (Å²) in [6.07, 6.45) is 8.65. The van der Waals surface area contributed by atoms with E-state index in [0.29, 0.717) is 0 Å². The third kappa shape index (κ3) is 4.94. The molecule has 3 heteroatoms. The van der Waals surface area contributed by atoms with Crippen LogP contribution in [0.15, 0.2) is 0 Å². The van der Waals surface area contributed by atoms with Crippen molar-refractivity contribution in [1.29, 1.82) is 0 Å². The van der Waals surface area contributed by atoms with Crippen molar-refractivity contribution in [1.82, 2.24) is 9.80 Å². The van der Waals surface area contributed by atoms with Crippen molar-refractivity contribution < 1.29 is 4.74 Å². The minimum atomic E-state index is 0.806. The SMILES string of the molecule is C[C@@H]1CCC[C@H](CCN2CCN(C[C@H]3CCOC3)CC2)C1. The van der Waals surface area contributed by atoms with Gasteiger partial charge < -0.3 is 14.5 Å². The fraction of sp³-hybridized carbons (Fsp3) is 1.00. The molecule has 3 rings (SSSR count). The van der Waals surface area contributed by atoms with Crippen molar-refractivity contribution >= 4 is 0 Å². The second kappa shape index (κ2) is 7.94. The van der Waals surface area contributed by atoms with Gasteiger partial charge in [-0.15, -0.1) is 0 Å². The normalized spacial score (nSPS) is 36.1. The first kappa shape index (κ1) is 15.8. The molecule has 1 aliphatic carbocycles. The van der Waals surface area contributed by atoms with Crippen molar-refractivity contribution in [3.63, 3.8) is 0 Å². The van der Waals surface area contributed by atoms with Crippen LogP contribution in [0.4, 0.5) is 0 Å². The maximum absolute atomic E-state index is 5.50. The van der Waals surface area contributed by atoms with Gasteiger partial charge in [0.25, 0.3) is 0 Å². The molecule has 122 valence electrons. The maximum Gasteiger partial charge on any atom is 0.0507 e. The van der Waals surface area contributed by atoms with E-state index in [4.69, 9.17) is 4.74 Å². The van der Waals surface area contributed by atoms with E-state index in [-0.39, 0.29) is 0 Å². The third-order valence-electron chi connectivity index (χ3n) is 5.90. The van der Waals surface area contributed by atoms with Crippen LogP contribution in [0, 0.1) is 17.8 Å². The fourth-order valence-corrected chi connectivity index (χ4v) is 4.48. The Labute approximate surface area is 131 Å². The van der Waals surface area contributed by atoms with E-state index in [9.17, 15) is 0 Å². The lowest BCUT2D eigenvalue weighted by atomic mass is 9.81. The predicted octanol–water partition coefficient (Wildman–Crippen LogP) is 2.86. The zero-order valence-electron chi connectivity index (χ0n) is 13.9. The average Bonchev–Trinajstić information content (AvgIpc) is 3.00. The van der Waals surface area contributed by atoms with Gasteiger partial charge >= 0.3 is 0 Å². The molecule has 3 nitrogen and oxygen atoms in total. The van der Waals surface area contributed by atoms with Crippen LogP contribution in [0.1, 0.15) is 45.4 Å². The second-order valence-corrected chi connectivity index (χ2v) is 7.80. The standard InChI is InChI=1S/C18H34N2O/c1-16-3-2-4-17(13-16)5-7-19-8-10-20(11-9-19)14-18-6-12-21-15-18/h16-18H,2-15H2,1H3/t16-,17-,18-/m1/s1. The van der Waals surface area contributed by atoms with Crippen molar-refractivity contribution in [3.8, 4) is 0 Å². The van der Waals surface area contributed by atoms with Gasteiger partial charge in [-0.2, -0.15) is 0 Å². The van der Waals surface area contributed by atoms with Crippen molar-refractivity contribution in [2.75, 3.05) is 52.5 Å². The molecule has 0 bridgehead atoms. The number of piperazine rings is 1. The molecule has 3 fully saturated rings. The Balaban J connectivity index is 1.30. The van der Waals surface area contributed by atoms with E-state index in [0.717, 1.165) is 31.0 Å². The van der Waals surface area contributed by atoms with E-state index in [1.807, 2.05) is 0 Å². The van der Waals surface area contributed by atoms with Gasteiger partial charge in [0.2, 0.25) is 0 Å². The van der Waals surface area contributed by atoms with E-state index >= 15 is 0 Å². The van der Waals surface area contributed by atoms with E-state index in [1.165, 1.54) is 77.8 Å². The summed E-state index contributed by atoms with van der Waals surface area (Å²) in [7, 11) is 0. The summed E-state index contributed by atoms with van der Waals surface area (Å²) in [5.41, 5.74) is 0. The molecule has 2 heterocycles. The van der Waals surface area contributed by atoms with Crippen LogP contribution in [0.25, 0.3) is 0 Å². The number of ether oxygens (including phenoxy) is 1. The van der Waals surface area contributed by atoms with Crippen LogP contribution >= 0.6 is 0 Å². The summed E-state index contributed by atoms with van der Waals surface area (Å²) in [4.78, 5) is 5.37. The monoisotopic (exact) mass is 294 g/mol. The molecule has 2 saturated heterocycles. The molecular weight excluding hydrogens is 260 g/mol. The van der Waals surface area contributed by atoms with Gasteiger partial charge in [0.15, 0.2) is 0 Å². The van der Waals surface area contributed by atoms with Gasteiger partial charge in [0.1, 0.15) is 0 Å². The highest BCUT2D eigenvalue weighted by atomic mass is 16.5. The minimum absolute atomic E-state index is 0.806. The van der Waals surface area contributed by atoms with Crippen LogP contribution in [-0.4, -0.2) is 62.3 Å². The molecule has 0 aromatic carbocycles. The molecule has 0 unspecified atom stereocenters. The number of nitrogens with zero attached hydrogens (tertiary/aromatic N) is 2. The van der Waals surface area contributed by atoms with Crippen LogP contribution in [-0.2, 0) is 4.74 Å². The summed E-state index contributed by atoms with van der Waals surface area (Å²) in [5, 5.41) is 0. The zero-order valence-corrected chi connectivity index (χ0v) is 13.9. The summed E-state index contributed by atoms with van der Waals surface area (Å²) >= 11 is 0. The highest BCUT2D eigenvalue weighted by Crippen LogP contribution is 2.30. The first-order valence-electron chi connectivity index (χ1n) is 9.32. The summed E-state index contributed by atoms with van der Waals surface area (Å²) < 4.78 is 5.50. The largest absolute Gasteiger partial charge is 0.381 e. The molecule has 0 radical (unpaired) electrons. The topological polar surface area (TPSA) is 15.7 Å². The Bertz CT molecular complexity index is 296. The Morgan fingerprint density at radius 3 is 2.48 bits per heavy atom. The fourth-order valence-electron chi connectivity index (χ4n) is 4.48. The summed E-state index contributed by atoms with van der Waals surface area (Å²) in [5.74, 6) is 2.80. The smallest absolute Gasteiger partial charge is 0.0507 e. The van der Waals surface area contributed by atoms with Crippen molar-refractivity contribution in [2.24, 2.45) is 17.8 Å². The van der Waals surface area contributed by atoms with Gasteiger partial charge in [0.05, 0.1) is 6.61 Å². The van der Waals surface area contributed by atoms with Gasteiger partial charge in [-0.1, -0.05) is 26.2 Å². The molecule has 0 spiro atoms.